The van der Waals surface area contributed by atoms with Gasteiger partial charge in [-0.25, -0.2) is 4.39 Å². The third-order valence-electron chi connectivity index (χ3n) is 2.19. The van der Waals surface area contributed by atoms with E-state index in [0.717, 1.165) is 11.1 Å². The van der Waals surface area contributed by atoms with Gasteiger partial charge in [-0.05, 0) is 41.6 Å². The Morgan fingerprint density at radius 2 is 2.07 bits per heavy atom. The normalized spacial score (nSPS) is 10.3. The molecule has 0 aliphatic carbocycles. The average molecular weight is 220 g/mol. The van der Waals surface area contributed by atoms with Crippen LogP contribution in [0.15, 0.2) is 29.6 Å². The predicted octanol–water partition coefficient (Wildman–Crippen LogP) is 3.68. The van der Waals surface area contributed by atoms with Gasteiger partial charge >= 0.3 is 0 Å². The van der Waals surface area contributed by atoms with Gasteiger partial charge in [0.25, 0.3) is 0 Å². The van der Waals surface area contributed by atoms with Crippen LogP contribution in [0.25, 0.3) is 11.1 Å². The van der Waals surface area contributed by atoms with Gasteiger partial charge in [-0.1, -0.05) is 6.07 Å². The molecule has 1 nitrogen and oxygen atoms in total. The number of aldehydes is 1. The number of carbonyl (C=O) groups is 1. The van der Waals surface area contributed by atoms with Gasteiger partial charge in [0.15, 0.2) is 6.29 Å². The summed E-state index contributed by atoms with van der Waals surface area (Å²) in [5, 5.41) is 2.00. The van der Waals surface area contributed by atoms with Crippen LogP contribution in [-0.4, -0.2) is 6.29 Å². The van der Waals surface area contributed by atoms with Crippen molar-refractivity contribution in [3.63, 3.8) is 0 Å². The van der Waals surface area contributed by atoms with Gasteiger partial charge in [-0.3, -0.25) is 4.79 Å². The van der Waals surface area contributed by atoms with E-state index in [2.05, 4.69) is 0 Å². The van der Waals surface area contributed by atoms with E-state index in [0.29, 0.717) is 6.29 Å². The summed E-state index contributed by atoms with van der Waals surface area (Å²) in [5.74, 6) is -0.472. The molecule has 0 saturated carbocycles. The molecule has 0 unspecified atom stereocenters. The van der Waals surface area contributed by atoms with Crippen LogP contribution in [0, 0.1) is 12.7 Å². The van der Waals surface area contributed by atoms with Crippen LogP contribution in [0.4, 0.5) is 4.39 Å². The summed E-state index contributed by atoms with van der Waals surface area (Å²) >= 11 is 1.63. The van der Waals surface area contributed by atoms with Crippen LogP contribution < -0.4 is 0 Å². The van der Waals surface area contributed by atoms with Crippen molar-refractivity contribution in [3.8, 4) is 11.1 Å². The van der Waals surface area contributed by atoms with Gasteiger partial charge in [-0.15, -0.1) is 11.3 Å². The van der Waals surface area contributed by atoms with Crippen molar-refractivity contribution in [2.24, 2.45) is 0 Å². The molecule has 0 saturated heterocycles. The van der Waals surface area contributed by atoms with E-state index >= 15 is 0 Å². The fourth-order valence-electron chi connectivity index (χ4n) is 1.41. The van der Waals surface area contributed by atoms with Crippen LogP contribution in [0.2, 0.25) is 0 Å². The monoisotopic (exact) mass is 220 g/mol. The standard InChI is InChI=1S/C12H9FOS/c1-8-4-11(7-15-8)9-2-3-12(13)10(5-9)6-14/h2-7H,1H3. The quantitative estimate of drug-likeness (QED) is 0.706. The summed E-state index contributed by atoms with van der Waals surface area (Å²) in [6.07, 6.45) is 0.540. The summed E-state index contributed by atoms with van der Waals surface area (Å²) in [7, 11) is 0. The summed E-state index contributed by atoms with van der Waals surface area (Å²) in [6.45, 7) is 2.01. The van der Waals surface area contributed by atoms with Gasteiger partial charge in [0, 0.05) is 4.88 Å². The number of rotatable bonds is 2. The van der Waals surface area contributed by atoms with E-state index < -0.39 is 5.82 Å². The van der Waals surface area contributed by atoms with Crippen molar-refractivity contribution in [2.75, 3.05) is 0 Å². The smallest absolute Gasteiger partial charge is 0.153 e. The second-order valence-corrected chi connectivity index (χ2v) is 4.42. The molecular formula is C12H9FOS. The minimum absolute atomic E-state index is 0.108. The maximum Gasteiger partial charge on any atom is 0.153 e. The Bertz CT molecular complexity index is 502. The molecule has 1 aromatic carbocycles. The number of aryl methyl sites for hydroxylation is 1. The minimum atomic E-state index is -0.472. The zero-order valence-corrected chi connectivity index (χ0v) is 8.98. The number of benzene rings is 1. The third-order valence-corrected chi connectivity index (χ3v) is 3.05. The Morgan fingerprint density at radius 1 is 1.27 bits per heavy atom. The highest BCUT2D eigenvalue weighted by Crippen LogP contribution is 2.26. The third kappa shape index (κ3) is 1.97. The Kier molecular flexibility index (Phi) is 2.64. The summed E-state index contributed by atoms with van der Waals surface area (Å²) < 4.78 is 13.1. The highest BCUT2D eigenvalue weighted by Gasteiger charge is 2.05. The lowest BCUT2D eigenvalue weighted by Crippen LogP contribution is -1.87. The first-order chi connectivity index (χ1) is 7.20. The molecular weight excluding hydrogens is 211 g/mol. The van der Waals surface area contributed by atoms with Crippen molar-refractivity contribution < 1.29 is 9.18 Å². The SMILES string of the molecule is Cc1cc(-c2ccc(F)c(C=O)c2)cs1. The fraction of sp³-hybridized carbons (Fsp3) is 0.0833. The Balaban J connectivity index is 2.50. The molecule has 2 rings (SSSR count). The van der Waals surface area contributed by atoms with Gasteiger partial charge in [0.1, 0.15) is 5.82 Å². The molecule has 2 aromatic rings. The maximum absolute atomic E-state index is 13.1. The molecule has 0 atom stereocenters. The summed E-state index contributed by atoms with van der Waals surface area (Å²) in [5.41, 5.74) is 2.01. The van der Waals surface area contributed by atoms with Crippen LogP contribution in [0.1, 0.15) is 15.2 Å². The first-order valence-corrected chi connectivity index (χ1v) is 5.39. The van der Waals surface area contributed by atoms with Crippen molar-refractivity contribution in [2.45, 2.75) is 6.92 Å². The molecule has 3 heteroatoms. The van der Waals surface area contributed by atoms with Crippen LogP contribution in [0.3, 0.4) is 0 Å². The summed E-state index contributed by atoms with van der Waals surface area (Å²) in [4.78, 5) is 11.8. The lowest BCUT2D eigenvalue weighted by atomic mass is 10.1. The second kappa shape index (κ2) is 3.95. The lowest BCUT2D eigenvalue weighted by molar-refractivity contribution is 0.112. The zero-order chi connectivity index (χ0) is 10.8. The van der Waals surface area contributed by atoms with E-state index in [-0.39, 0.29) is 5.56 Å². The van der Waals surface area contributed by atoms with E-state index in [4.69, 9.17) is 0 Å². The molecule has 0 radical (unpaired) electrons. The Labute approximate surface area is 91.2 Å². The van der Waals surface area contributed by atoms with Gasteiger partial charge in [-0.2, -0.15) is 0 Å². The average Bonchev–Trinajstić information content (AvgIpc) is 2.66. The Hall–Kier alpha value is -1.48. The van der Waals surface area contributed by atoms with E-state index in [1.54, 1.807) is 23.5 Å². The molecule has 0 aliphatic rings. The van der Waals surface area contributed by atoms with Gasteiger partial charge in [0.05, 0.1) is 5.56 Å². The number of thiophene rings is 1. The first kappa shape index (κ1) is 10.1. The van der Waals surface area contributed by atoms with Crippen LogP contribution >= 0.6 is 11.3 Å². The summed E-state index contributed by atoms with van der Waals surface area (Å²) in [6, 6.07) is 6.60. The molecule has 15 heavy (non-hydrogen) atoms. The van der Waals surface area contributed by atoms with Gasteiger partial charge in [0.2, 0.25) is 0 Å². The molecule has 0 bridgehead atoms. The number of carbonyl (C=O) groups excluding carboxylic acids is 1. The van der Waals surface area contributed by atoms with Crippen molar-refractivity contribution in [1.29, 1.82) is 0 Å². The van der Waals surface area contributed by atoms with Crippen LogP contribution in [-0.2, 0) is 0 Å². The number of halogens is 1. The first-order valence-electron chi connectivity index (χ1n) is 4.51. The molecule has 0 N–H and O–H groups in total. The molecule has 0 amide bonds. The molecule has 1 aromatic heterocycles. The van der Waals surface area contributed by atoms with E-state index in [1.165, 1.54) is 10.9 Å². The molecule has 1 heterocycles. The molecule has 0 fully saturated rings. The molecule has 76 valence electrons. The van der Waals surface area contributed by atoms with E-state index in [9.17, 15) is 9.18 Å². The van der Waals surface area contributed by atoms with Gasteiger partial charge < -0.3 is 0 Å². The molecule has 0 spiro atoms. The van der Waals surface area contributed by atoms with Crippen molar-refractivity contribution >= 4 is 17.6 Å². The minimum Gasteiger partial charge on any atom is -0.298 e. The fourth-order valence-corrected chi connectivity index (χ4v) is 2.12. The van der Waals surface area contributed by atoms with E-state index in [1.807, 2.05) is 18.4 Å². The largest absolute Gasteiger partial charge is 0.298 e. The Morgan fingerprint density at radius 3 is 2.67 bits per heavy atom. The lowest BCUT2D eigenvalue weighted by Gasteiger charge is -1.99. The van der Waals surface area contributed by atoms with Crippen molar-refractivity contribution in [3.05, 3.63) is 45.9 Å². The van der Waals surface area contributed by atoms with Crippen molar-refractivity contribution in [1.82, 2.24) is 0 Å². The van der Waals surface area contributed by atoms with Crippen LogP contribution in [0.5, 0.6) is 0 Å². The maximum atomic E-state index is 13.1. The molecule has 0 aliphatic heterocycles. The number of hydrogen-bond donors (Lipinski definition) is 0. The predicted molar refractivity (Wildman–Crippen MR) is 59.8 cm³/mol. The highest BCUT2D eigenvalue weighted by atomic mass is 32.1. The number of hydrogen-bond acceptors (Lipinski definition) is 2. The topological polar surface area (TPSA) is 17.1 Å². The zero-order valence-electron chi connectivity index (χ0n) is 8.16. The second-order valence-electron chi connectivity index (χ2n) is 3.30. The highest BCUT2D eigenvalue weighted by molar-refractivity contribution is 7.10.